The Labute approximate surface area is 124 Å². The van der Waals surface area contributed by atoms with E-state index in [0.29, 0.717) is 5.75 Å². The van der Waals surface area contributed by atoms with Gasteiger partial charge in [-0.25, -0.2) is 0 Å². The number of fused-ring (bicyclic) bond motifs is 1. The molecule has 4 heteroatoms. The van der Waals surface area contributed by atoms with Gasteiger partial charge >= 0.3 is 0 Å². The van der Waals surface area contributed by atoms with Gasteiger partial charge in [0, 0.05) is 4.90 Å². The van der Waals surface area contributed by atoms with Crippen LogP contribution in [-0.2, 0) is 17.6 Å². The molecule has 0 atom stereocenters. The molecule has 1 saturated carbocycles. The third kappa shape index (κ3) is 2.86. The average molecular weight is 291 g/mol. The van der Waals surface area contributed by atoms with Crippen LogP contribution in [0.3, 0.4) is 0 Å². The number of benzene rings is 1. The molecule has 2 aliphatic rings. The summed E-state index contributed by atoms with van der Waals surface area (Å²) < 4.78 is 0. The Morgan fingerprint density at radius 3 is 2.75 bits per heavy atom. The van der Waals surface area contributed by atoms with Gasteiger partial charge in [0.25, 0.3) is 0 Å². The van der Waals surface area contributed by atoms with Crippen LogP contribution in [0.25, 0.3) is 0 Å². The summed E-state index contributed by atoms with van der Waals surface area (Å²) in [4.78, 5) is 13.1. The summed E-state index contributed by atoms with van der Waals surface area (Å²) >= 11 is 1.59. The highest BCUT2D eigenvalue weighted by Crippen LogP contribution is 2.32. The number of rotatable bonds is 5. The number of nitrogens with one attached hydrogen (secondary N) is 1. The lowest BCUT2D eigenvalue weighted by molar-refractivity contribution is -0.122. The Balaban J connectivity index is 1.53. The molecule has 20 heavy (non-hydrogen) atoms. The lowest BCUT2D eigenvalue weighted by atomic mass is 9.77. The van der Waals surface area contributed by atoms with E-state index in [4.69, 9.17) is 0 Å². The monoisotopic (exact) mass is 291 g/mol. The van der Waals surface area contributed by atoms with Crippen molar-refractivity contribution < 1.29 is 9.90 Å². The number of carbonyl (C=O) groups excluding carboxylic acids is 1. The van der Waals surface area contributed by atoms with E-state index in [1.165, 1.54) is 35.3 Å². The minimum absolute atomic E-state index is 0.0317. The fraction of sp³-hybridized carbons (Fsp3) is 0.562. The van der Waals surface area contributed by atoms with Crippen LogP contribution in [0.1, 0.15) is 36.8 Å². The highest BCUT2D eigenvalue weighted by Gasteiger charge is 2.37. The van der Waals surface area contributed by atoms with Gasteiger partial charge in [-0.1, -0.05) is 6.07 Å². The van der Waals surface area contributed by atoms with Crippen LogP contribution >= 0.6 is 11.8 Å². The van der Waals surface area contributed by atoms with Gasteiger partial charge in [0.15, 0.2) is 0 Å². The van der Waals surface area contributed by atoms with E-state index in [-0.39, 0.29) is 18.1 Å². The number of carbonyl (C=O) groups is 1. The lowest BCUT2D eigenvalue weighted by Gasteiger charge is -2.40. The number of aliphatic hydroxyl groups excluding tert-OH is 1. The Kier molecular flexibility index (Phi) is 4.03. The molecule has 3 rings (SSSR count). The van der Waals surface area contributed by atoms with E-state index in [9.17, 15) is 9.90 Å². The van der Waals surface area contributed by atoms with Gasteiger partial charge in [-0.3, -0.25) is 4.79 Å². The first kappa shape index (κ1) is 14.0. The highest BCUT2D eigenvalue weighted by atomic mass is 32.2. The zero-order valence-electron chi connectivity index (χ0n) is 11.7. The molecule has 2 aliphatic carbocycles. The van der Waals surface area contributed by atoms with Crippen LogP contribution in [-0.4, -0.2) is 28.9 Å². The van der Waals surface area contributed by atoms with Crippen LogP contribution in [0.2, 0.25) is 0 Å². The summed E-state index contributed by atoms with van der Waals surface area (Å²) in [6.45, 7) is 0.0578. The molecule has 0 saturated heterocycles. The zero-order valence-corrected chi connectivity index (χ0v) is 12.5. The molecule has 1 aromatic carbocycles. The van der Waals surface area contributed by atoms with Crippen molar-refractivity contribution in [3.8, 4) is 0 Å². The average Bonchev–Trinajstić information content (AvgIpc) is 2.88. The maximum Gasteiger partial charge on any atom is 0.230 e. The summed E-state index contributed by atoms with van der Waals surface area (Å²) in [5, 5.41) is 12.3. The van der Waals surface area contributed by atoms with Gasteiger partial charge in [-0.05, 0) is 61.8 Å². The second kappa shape index (κ2) is 5.78. The van der Waals surface area contributed by atoms with Crippen LogP contribution in [0, 0.1) is 0 Å². The van der Waals surface area contributed by atoms with Crippen LogP contribution in [0.5, 0.6) is 0 Å². The molecule has 0 aromatic heterocycles. The molecular weight excluding hydrogens is 270 g/mol. The standard InChI is InChI=1S/C16H21NO2S/c18-11-16(7-2-8-16)17-15(19)10-20-14-6-5-12-3-1-4-13(12)9-14/h5-6,9,18H,1-4,7-8,10-11H2,(H,17,19). The molecule has 0 bridgehead atoms. The van der Waals surface area contributed by atoms with Crippen molar-refractivity contribution in [3.05, 3.63) is 29.3 Å². The minimum Gasteiger partial charge on any atom is -0.394 e. The fourth-order valence-corrected chi connectivity index (χ4v) is 3.80. The Morgan fingerprint density at radius 1 is 1.25 bits per heavy atom. The second-order valence-corrected chi connectivity index (χ2v) is 6.96. The smallest absolute Gasteiger partial charge is 0.230 e. The molecule has 3 nitrogen and oxygen atoms in total. The highest BCUT2D eigenvalue weighted by molar-refractivity contribution is 8.00. The van der Waals surface area contributed by atoms with Crippen molar-refractivity contribution >= 4 is 17.7 Å². The minimum atomic E-state index is -0.324. The Bertz CT molecular complexity index is 506. The van der Waals surface area contributed by atoms with Crippen molar-refractivity contribution in [1.82, 2.24) is 5.32 Å². The molecule has 0 aliphatic heterocycles. The van der Waals surface area contributed by atoms with Gasteiger partial charge in [-0.2, -0.15) is 0 Å². The van der Waals surface area contributed by atoms with Gasteiger partial charge in [-0.15, -0.1) is 11.8 Å². The Hall–Kier alpha value is -1.00. The molecule has 2 N–H and O–H groups in total. The molecule has 0 radical (unpaired) electrons. The van der Waals surface area contributed by atoms with Gasteiger partial charge in [0.2, 0.25) is 5.91 Å². The van der Waals surface area contributed by atoms with Crippen molar-refractivity contribution in [2.45, 2.75) is 49.0 Å². The first-order valence-electron chi connectivity index (χ1n) is 7.37. The Morgan fingerprint density at radius 2 is 2.05 bits per heavy atom. The predicted octanol–water partition coefficient (Wildman–Crippen LogP) is 2.30. The van der Waals surface area contributed by atoms with E-state index in [1.807, 2.05) is 0 Å². The van der Waals surface area contributed by atoms with Crippen molar-refractivity contribution in [1.29, 1.82) is 0 Å². The maximum atomic E-state index is 12.0. The number of thioether (sulfide) groups is 1. The molecule has 1 amide bonds. The molecule has 0 spiro atoms. The van der Waals surface area contributed by atoms with E-state index < -0.39 is 0 Å². The summed E-state index contributed by atoms with van der Waals surface area (Å²) in [6, 6.07) is 6.54. The molecule has 0 unspecified atom stereocenters. The quantitative estimate of drug-likeness (QED) is 0.818. The van der Waals surface area contributed by atoms with Crippen LogP contribution in [0.15, 0.2) is 23.1 Å². The number of hydrogen-bond acceptors (Lipinski definition) is 3. The normalized spacial score (nSPS) is 19.2. The fourth-order valence-electron chi connectivity index (χ4n) is 3.04. The van der Waals surface area contributed by atoms with E-state index in [1.54, 1.807) is 11.8 Å². The second-order valence-electron chi connectivity index (χ2n) is 5.91. The first-order chi connectivity index (χ1) is 9.71. The van der Waals surface area contributed by atoms with E-state index >= 15 is 0 Å². The molecule has 108 valence electrons. The number of amides is 1. The van der Waals surface area contributed by atoms with Crippen molar-refractivity contribution in [3.63, 3.8) is 0 Å². The third-order valence-corrected chi connectivity index (χ3v) is 5.45. The van der Waals surface area contributed by atoms with Crippen molar-refractivity contribution in [2.24, 2.45) is 0 Å². The predicted molar refractivity (Wildman–Crippen MR) is 81.0 cm³/mol. The molecule has 0 heterocycles. The summed E-state index contributed by atoms with van der Waals surface area (Å²) in [5.74, 6) is 0.463. The van der Waals surface area contributed by atoms with E-state index in [2.05, 4.69) is 23.5 Å². The summed E-state index contributed by atoms with van der Waals surface area (Å²) in [7, 11) is 0. The maximum absolute atomic E-state index is 12.0. The number of hydrogen-bond donors (Lipinski definition) is 2. The molecule has 1 aromatic rings. The number of aliphatic hydroxyl groups is 1. The van der Waals surface area contributed by atoms with Gasteiger partial charge < -0.3 is 10.4 Å². The van der Waals surface area contributed by atoms with Gasteiger partial charge in [0.1, 0.15) is 0 Å². The summed E-state index contributed by atoms with van der Waals surface area (Å²) in [6.07, 6.45) is 6.52. The van der Waals surface area contributed by atoms with E-state index in [0.717, 1.165) is 19.3 Å². The first-order valence-corrected chi connectivity index (χ1v) is 8.36. The number of aryl methyl sites for hydroxylation is 2. The third-order valence-electron chi connectivity index (χ3n) is 4.46. The van der Waals surface area contributed by atoms with Crippen LogP contribution < -0.4 is 5.32 Å². The van der Waals surface area contributed by atoms with Crippen LogP contribution in [0.4, 0.5) is 0 Å². The largest absolute Gasteiger partial charge is 0.394 e. The summed E-state index contributed by atoms with van der Waals surface area (Å²) in [5.41, 5.74) is 2.59. The topological polar surface area (TPSA) is 49.3 Å². The molecule has 1 fully saturated rings. The van der Waals surface area contributed by atoms with Crippen molar-refractivity contribution in [2.75, 3.05) is 12.4 Å². The molecular formula is C16H21NO2S. The SMILES string of the molecule is O=C(CSc1ccc2c(c1)CCC2)NC1(CO)CCC1. The van der Waals surface area contributed by atoms with Gasteiger partial charge in [0.05, 0.1) is 17.9 Å². The lowest BCUT2D eigenvalue weighted by Crippen LogP contribution is -2.56. The zero-order chi connectivity index (χ0) is 14.0.